The summed E-state index contributed by atoms with van der Waals surface area (Å²) < 4.78 is 0. The van der Waals surface area contributed by atoms with Gasteiger partial charge in [0.15, 0.2) is 0 Å². The van der Waals surface area contributed by atoms with Gasteiger partial charge in [0.25, 0.3) is 0 Å². The van der Waals surface area contributed by atoms with Crippen molar-refractivity contribution in [2.24, 2.45) is 0 Å². The second-order valence-electron chi connectivity index (χ2n) is 3.28. The van der Waals surface area contributed by atoms with E-state index in [-0.39, 0.29) is 0 Å². The van der Waals surface area contributed by atoms with Crippen molar-refractivity contribution in [1.82, 2.24) is 15.2 Å². The highest BCUT2D eigenvalue weighted by molar-refractivity contribution is 6.30. The molecule has 1 aromatic carbocycles. The van der Waals surface area contributed by atoms with Crippen molar-refractivity contribution < 1.29 is 5.11 Å². The summed E-state index contributed by atoms with van der Waals surface area (Å²) in [7, 11) is 0. The quantitative estimate of drug-likeness (QED) is 0.757. The molecule has 1 atom stereocenters. The SMILES string of the molecule is OC(CNc1ncn[nH]1)c1ccc(Cl)cc1. The van der Waals surface area contributed by atoms with Crippen molar-refractivity contribution in [2.45, 2.75) is 6.10 Å². The van der Waals surface area contributed by atoms with Gasteiger partial charge < -0.3 is 10.4 Å². The number of benzene rings is 1. The largest absolute Gasteiger partial charge is 0.387 e. The van der Waals surface area contributed by atoms with E-state index < -0.39 is 6.10 Å². The van der Waals surface area contributed by atoms with Crippen LogP contribution in [0, 0.1) is 0 Å². The molecule has 2 rings (SSSR count). The van der Waals surface area contributed by atoms with Gasteiger partial charge in [-0.2, -0.15) is 5.10 Å². The van der Waals surface area contributed by atoms with Gasteiger partial charge in [0, 0.05) is 11.6 Å². The molecule has 0 spiro atoms. The fraction of sp³-hybridized carbons (Fsp3) is 0.200. The zero-order valence-electron chi connectivity index (χ0n) is 8.39. The molecule has 0 saturated carbocycles. The third-order valence-corrected chi connectivity index (χ3v) is 2.38. The Hall–Kier alpha value is -1.59. The van der Waals surface area contributed by atoms with Crippen LogP contribution in [0.4, 0.5) is 5.95 Å². The molecule has 0 aliphatic heterocycles. The molecule has 16 heavy (non-hydrogen) atoms. The highest BCUT2D eigenvalue weighted by Crippen LogP contribution is 2.16. The molecule has 2 aromatic rings. The minimum atomic E-state index is -0.609. The van der Waals surface area contributed by atoms with Gasteiger partial charge in [-0.1, -0.05) is 23.7 Å². The van der Waals surface area contributed by atoms with E-state index in [2.05, 4.69) is 20.5 Å². The van der Waals surface area contributed by atoms with Gasteiger partial charge in [0.1, 0.15) is 6.33 Å². The van der Waals surface area contributed by atoms with Gasteiger partial charge in [-0.15, -0.1) is 0 Å². The first-order valence-corrected chi connectivity index (χ1v) is 5.16. The Bertz CT molecular complexity index is 429. The Morgan fingerprint density at radius 2 is 2.12 bits per heavy atom. The van der Waals surface area contributed by atoms with Crippen molar-refractivity contribution in [3.05, 3.63) is 41.2 Å². The fourth-order valence-electron chi connectivity index (χ4n) is 1.29. The normalized spacial score (nSPS) is 12.4. The van der Waals surface area contributed by atoms with Gasteiger partial charge in [-0.3, -0.25) is 0 Å². The van der Waals surface area contributed by atoms with Gasteiger partial charge in [0.05, 0.1) is 6.10 Å². The molecule has 0 aliphatic carbocycles. The summed E-state index contributed by atoms with van der Waals surface area (Å²) in [5.74, 6) is 0.535. The average Bonchev–Trinajstić information content (AvgIpc) is 2.80. The smallest absolute Gasteiger partial charge is 0.218 e. The van der Waals surface area contributed by atoms with Crippen LogP contribution in [-0.2, 0) is 0 Å². The highest BCUT2D eigenvalue weighted by atomic mass is 35.5. The topological polar surface area (TPSA) is 73.8 Å². The molecule has 1 aromatic heterocycles. The first-order valence-electron chi connectivity index (χ1n) is 4.78. The van der Waals surface area contributed by atoms with Crippen LogP contribution >= 0.6 is 11.6 Å². The second kappa shape index (κ2) is 4.96. The van der Waals surface area contributed by atoms with Crippen LogP contribution in [0.5, 0.6) is 0 Å². The van der Waals surface area contributed by atoms with E-state index >= 15 is 0 Å². The average molecular weight is 239 g/mol. The monoisotopic (exact) mass is 238 g/mol. The second-order valence-corrected chi connectivity index (χ2v) is 3.72. The maximum atomic E-state index is 9.84. The number of hydrogen-bond acceptors (Lipinski definition) is 4. The van der Waals surface area contributed by atoms with E-state index in [1.807, 2.05) is 0 Å². The number of aliphatic hydroxyl groups is 1. The summed E-state index contributed by atoms with van der Waals surface area (Å²) in [6.07, 6.45) is 0.791. The standard InChI is InChI=1S/C10H11ClN4O/c11-8-3-1-7(2-4-8)9(16)5-12-10-13-6-14-15-10/h1-4,6,9,16H,5H2,(H2,12,13,14,15). The molecular weight excluding hydrogens is 228 g/mol. The number of nitrogens with zero attached hydrogens (tertiary/aromatic N) is 2. The molecule has 0 bridgehead atoms. The number of H-pyrrole nitrogens is 1. The minimum Gasteiger partial charge on any atom is -0.387 e. The predicted molar refractivity (Wildman–Crippen MR) is 61.3 cm³/mol. The summed E-state index contributed by atoms with van der Waals surface area (Å²) >= 11 is 5.75. The number of nitrogens with one attached hydrogen (secondary N) is 2. The fourth-order valence-corrected chi connectivity index (χ4v) is 1.41. The first kappa shape index (κ1) is 10.9. The third kappa shape index (κ3) is 2.71. The Balaban J connectivity index is 1.93. The van der Waals surface area contributed by atoms with Gasteiger partial charge in [0.2, 0.25) is 5.95 Å². The lowest BCUT2D eigenvalue weighted by Crippen LogP contribution is -2.12. The van der Waals surface area contributed by atoms with Gasteiger partial charge in [-0.25, -0.2) is 10.1 Å². The Morgan fingerprint density at radius 3 is 2.75 bits per heavy atom. The first-order chi connectivity index (χ1) is 7.75. The summed E-state index contributed by atoms with van der Waals surface area (Å²) in [6, 6.07) is 7.06. The maximum Gasteiger partial charge on any atom is 0.218 e. The van der Waals surface area contributed by atoms with E-state index in [9.17, 15) is 5.11 Å². The zero-order valence-corrected chi connectivity index (χ0v) is 9.15. The molecule has 5 nitrogen and oxygen atoms in total. The van der Waals surface area contributed by atoms with E-state index in [1.54, 1.807) is 24.3 Å². The van der Waals surface area contributed by atoms with E-state index in [0.29, 0.717) is 17.5 Å². The van der Waals surface area contributed by atoms with E-state index in [0.717, 1.165) is 5.56 Å². The van der Waals surface area contributed by atoms with Crippen molar-refractivity contribution in [2.75, 3.05) is 11.9 Å². The Labute approximate surface area is 97.5 Å². The Kier molecular flexibility index (Phi) is 3.38. The molecule has 3 N–H and O–H groups in total. The van der Waals surface area contributed by atoms with Gasteiger partial charge in [-0.05, 0) is 17.7 Å². The third-order valence-electron chi connectivity index (χ3n) is 2.13. The molecule has 0 saturated heterocycles. The number of aromatic amines is 1. The lowest BCUT2D eigenvalue weighted by atomic mass is 10.1. The van der Waals surface area contributed by atoms with Crippen molar-refractivity contribution >= 4 is 17.5 Å². The number of aromatic nitrogens is 3. The number of rotatable bonds is 4. The molecule has 0 radical (unpaired) electrons. The number of anilines is 1. The molecule has 6 heteroatoms. The minimum absolute atomic E-state index is 0.358. The summed E-state index contributed by atoms with van der Waals surface area (Å²) in [5, 5.41) is 19.8. The summed E-state index contributed by atoms with van der Waals surface area (Å²) in [5.41, 5.74) is 0.802. The molecule has 1 heterocycles. The van der Waals surface area contributed by atoms with Crippen LogP contribution in [0.2, 0.25) is 5.02 Å². The summed E-state index contributed by atoms with van der Waals surface area (Å²) in [4.78, 5) is 3.89. The lowest BCUT2D eigenvalue weighted by Gasteiger charge is -2.11. The van der Waals surface area contributed by atoms with Crippen LogP contribution in [-0.4, -0.2) is 26.8 Å². The summed E-state index contributed by atoms with van der Waals surface area (Å²) in [6.45, 7) is 0.358. The molecule has 0 fully saturated rings. The number of halogens is 1. The van der Waals surface area contributed by atoms with Gasteiger partial charge >= 0.3 is 0 Å². The molecular formula is C10H11ClN4O. The lowest BCUT2D eigenvalue weighted by molar-refractivity contribution is 0.191. The molecule has 84 valence electrons. The van der Waals surface area contributed by atoms with Crippen LogP contribution < -0.4 is 5.32 Å². The van der Waals surface area contributed by atoms with Crippen LogP contribution in [0.1, 0.15) is 11.7 Å². The number of hydrogen-bond donors (Lipinski definition) is 3. The van der Waals surface area contributed by atoms with E-state index in [4.69, 9.17) is 11.6 Å². The molecule has 1 unspecified atom stereocenters. The number of aliphatic hydroxyl groups excluding tert-OH is 1. The van der Waals surface area contributed by atoms with Crippen LogP contribution in [0.15, 0.2) is 30.6 Å². The molecule has 0 amide bonds. The predicted octanol–water partition coefficient (Wildman–Crippen LogP) is 1.60. The van der Waals surface area contributed by atoms with Crippen molar-refractivity contribution in [3.63, 3.8) is 0 Å². The van der Waals surface area contributed by atoms with Crippen LogP contribution in [0.3, 0.4) is 0 Å². The zero-order chi connectivity index (χ0) is 11.4. The Morgan fingerprint density at radius 1 is 1.38 bits per heavy atom. The van der Waals surface area contributed by atoms with Crippen molar-refractivity contribution in [3.8, 4) is 0 Å². The van der Waals surface area contributed by atoms with Crippen molar-refractivity contribution in [1.29, 1.82) is 0 Å². The van der Waals surface area contributed by atoms with Crippen LogP contribution in [0.25, 0.3) is 0 Å². The van der Waals surface area contributed by atoms with E-state index in [1.165, 1.54) is 6.33 Å². The maximum absolute atomic E-state index is 9.84. The highest BCUT2D eigenvalue weighted by Gasteiger charge is 2.07. The molecule has 0 aliphatic rings.